The van der Waals surface area contributed by atoms with Gasteiger partial charge in [-0.25, -0.2) is 19.2 Å². The van der Waals surface area contributed by atoms with Crippen molar-refractivity contribution in [1.29, 1.82) is 0 Å². The Kier molecular flexibility index (Phi) is 16.7. The normalized spacial score (nSPS) is 12.0. The van der Waals surface area contributed by atoms with Crippen LogP contribution in [0.1, 0.15) is 55.0 Å². The maximum Gasteiger partial charge on any atom is 0.412 e. The van der Waals surface area contributed by atoms with Crippen LogP contribution < -0.4 is 20.1 Å². The second-order valence-corrected chi connectivity index (χ2v) is 22.7. The van der Waals surface area contributed by atoms with Gasteiger partial charge in [-0.15, -0.1) is 0 Å². The summed E-state index contributed by atoms with van der Waals surface area (Å²) in [5.41, 5.74) is 3.69. The molecule has 3 N–H and O–H groups in total. The maximum atomic E-state index is 13.3. The number of carboxylic acid groups (broad SMARTS) is 1. The molecule has 0 heterocycles. The third-order valence-corrected chi connectivity index (χ3v) is 11.3. The molecule has 334 valence electrons. The number of hydrogen-bond donors (Lipinski definition) is 3. The molecule has 0 aromatic heterocycles. The molecule has 5 aromatic rings. The van der Waals surface area contributed by atoms with Crippen molar-refractivity contribution in [3.8, 4) is 22.6 Å². The van der Waals surface area contributed by atoms with Crippen LogP contribution in [0.15, 0.2) is 139 Å². The first-order valence-electron chi connectivity index (χ1n) is 20.8. The summed E-state index contributed by atoms with van der Waals surface area (Å²) in [4.78, 5) is 52.6. The Morgan fingerprint density at radius 3 is 1.69 bits per heavy atom. The highest BCUT2D eigenvalue weighted by Gasteiger charge is 2.26. The molecule has 2 amide bonds. The van der Waals surface area contributed by atoms with E-state index in [0.717, 1.165) is 16.7 Å². The molecule has 13 heteroatoms. The third kappa shape index (κ3) is 15.1. The molecular weight excluding hydrogens is 829 g/mol. The quantitative estimate of drug-likeness (QED) is 0.0335. The summed E-state index contributed by atoms with van der Waals surface area (Å²) in [6, 6.07) is 39.7. The number of benzene rings is 5. The zero-order valence-corrected chi connectivity index (χ0v) is 38.4. The topological polar surface area (TPSA) is 159 Å². The highest BCUT2D eigenvalue weighted by Crippen LogP contribution is 2.38. The summed E-state index contributed by atoms with van der Waals surface area (Å²) in [6.45, 7) is 12.0. The summed E-state index contributed by atoms with van der Waals surface area (Å²) >= 11 is 0. The Balaban J connectivity index is 1.67. The van der Waals surface area contributed by atoms with E-state index in [1.54, 1.807) is 51.1 Å². The van der Waals surface area contributed by atoms with Crippen molar-refractivity contribution in [2.75, 3.05) is 7.11 Å². The number of ether oxygens (including phenoxy) is 5. The fourth-order valence-electron chi connectivity index (χ4n) is 6.35. The van der Waals surface area contributed by atoms with E-state index >= 15 is 0 Å². The molecule has 0 saturated carbocycles. The second kappa shape index (κ2) is 22.3. The van der Waals surface area contributed by atoms with E-state index in [4.69, 9.17) is 23.7 Å². The summed E-state index contributed by atoms with van der Waals surface area (Å²) in [5, 5.41) is 15.9. The van der Waals surface area contributed by atoms with Gasteiger partial charge < -0.3 is 28.8 Å². The van der Waals surface area contributed by atoms with Crippen molar-refractivity contribution in [1.82, 2.24) is 10.6 Å². The standard InChI is InChI=1S/C51H56N2O10Si/c1-51(2,3)63-50(58)52-43(48(56)59-4)31-40-29-38(23-25-44(40)60-32-35-17-11-8-12-18-35)39-24-26-45(61-33-36-19-13-9-14-20-36)42(30-39)41(27-28-64(5,6)7)46(47(54)55)53-49(57)62-34-37-21-15-10-16-22-37/h8-26,29-31H,27-28,32-34H2,1-7H3,(H,52,58)(H,53,57)(H,54,55). The van der Waals surface area contributed by atoms with Crippen molar-refractivity contribution >= 4 is 43.8 Å². The molecule has 0 radical (unpaired) electrons. The van der Waals surface area contributed by atoms with Gasteiger partial charge in [0.05, 0.1) is 7.11 Å². The SMILES string of the molecule is COC(=O)C(=Cc1cc(-c2ccc(OCc3ccccc3)c(C(CC[Si](C)(C)C)=C(NC(=O)OCc3ccccc3)C(=O)O)c2)ccc1OCc1ccccc1)NC(=O)OC(C)(C)C. The number of carbonyl (C=O) groups is 4. The van der Waals surface area contributed by atoms with E-state index in [9.17, 15) is 24.3 Å². The summed E-state index contributed by atoms with van der Waals surface area (Å²) < 4.78 is 28.7. The van der Waals surface area contributed by atoms with Crippen LogP contribution in [0, 0.1) is 0 Å². The number of hydrogen-bond acceptors (Lipinski definition) is 9. The monoisotopic (exact) mass is 884 g/mol. The lowest BCUT2D eigenvalue weighted by atomic mass is 9.94. The highest BCUT2D eigenvalue weighted by atomic mass is 28.3. The zero-order chi connectivity index (χ0) is 46.3. The van der Waals surface area contributed by atoms with Crippen molar-refractivity contribution in [3.05, 3.63) is 167 Å². The number of alkyl carbamates (subject to hydrolysis) is 2. The van der Waals surface area contributed by atoms with Crippen LogP contribution in [0.4, 0.5) is 9.59 Å². The number of amides is 2. The number of rotatable bonds is 18. The van der Waals surface area contributed by atoms with E-state index in [1.807, 2.05) is 97.1 Å². The molecule has 0 saturated heterocycles. The number of carboxylic acids is 1. The lowest BCUT2D eigenvalue weighted by molar-refractivity contribution is -0.136. The van der Waals surface area contributed by atoms with Crippen molar-refractivity contribution < 1.29 is 48.0 Å². The van der Waals surface area contributed by atoms with E-state index < -0.39 is 37.8 Å². The van der Waals surface area contributed by atoms with Gasteiger partial charge in [-0.05, 0) is 90.9 Å². The lowest BCUT2D eigenvalue weighted by Crippen LogP contribution is -2.34. The molecule has 0 atom stereocenters. The average Bonchev–Trinajstić information content (AvgIpc) is 3.26. The fourth-order valence-corrected chi connectivity index (χ4v) is 7.35. The predicted molar refractivity (Wildman–Crippen MR) is 250 cm³/mol. The average molecular weight is 885 g/mol. The molecule has 0 spiro atoms. The van der Waals surface area contributed by atoms with Gasteiger partial charge >= 0.3 is 24.1 Å². The van der Waals surface area contributed by atoms with Crippen molar-refractivity contribution in [2.45, 2.75) is 78.3 Å². The molecule has 5 rings (SSSR count). The summed E-state index contributed by atoms with van der Waals surface area (Å²) in [5.74, 6) is -1.37. The molecule has 0 aliphatic carbocycles. The van der Waals surface area contributed by atoms with Gasteiger partial charge in [-0.2, -0.15) is 0 Å². The Labute approximate surface area is 375 Å². The number of methoxy groups -OCH3 is 1. The Hall–Kier alpha value is -7.12. The lowest BCUT2D eigenvalue weighted by Gasteiger charge is -2.22. The van der Waals surface area contributed by atoms with Crippen LogP contribution in [0.2, 0.25) is 25.7 Å². The molecule has 64 heavy (non-hydrogen) atoms. The first-order chi connectivity index (χ1) is 30.5. The molecule has 0 aliphatic heterocycles. The van der Waals surface area contributed by atoms with Crippen molar-refractivity contribution in [2.24, 2.45) is 0 Å². The van der Waals surface area contributed by atoms with Crippen LogP contribution in [-0.4, -0.2) is 50.0 Å². The van der Waals surface area contributed by atoms with Crippen LogP contribution >= 0.6 is 0 Å². The van der Waals surface area contributed by atoms with Crippen LogP contribution in [0.25, 0.3) is 22.8 Å². The summed E-state index contributed by atoms with van der Waals surface area (Å²) in [7, 11) is -0.604. The van der Waals surface area contributed by atoms with Gasteiger partial charge in [0.25, 0.3) is 0 Å². The highest BCUT2D eigenvalue weighted by molar-refractivity contribution is 6.76. The van der Waals surface area contributed by atoms with Gasteiger partial charge in [-0.3, -0.25) is 10.6 Å². The number of aliphatic carboxylic acids is 1. The van der Waals surface area contributed by atoms with Gasteiger partial charge in [0, 0.05) is 19.2 Å². The second-order valence-electron chi connectivity index (χ2n) is 17.1. The predicted octanol–water partition coefficient (Wildman–Crippen LogP) is 11.0. The van der Waals surface area contributed by atoms with Gasteiger partial charge in [0.15, 0.2) is 0 Å². The molecular formula is C51H56N2O10Si. The third-order valence-electron chi connectivity index (χ3n) is 9.54. The zero-order valence-electron chi connectivity index (χ0n) is 37.4. The molecule has 0 bridgehead atoms. The number of esters is 1. The Bertz CT molecular complexity index is 2460. The molecule has 0 unspecified atom stereocenters. The molecule has 0 aliphatic rings. The largest absolute Gasteiger partial charge is 0.488 e. The minimum Gasteiger partial charge on any atom is -0.488 e. The van der Waals surface area contributed by atoms with Crippen LogP contribution in [0.5, 0.6) is 11.5 Å². The fraction of sp³-hybridized carbons (Fsp3) is 0.255. The first kappa shape index (κ1) is 47.9. The van der Waals surface area contributed by atoms with E-state index in [-0.39, 0.29) is 31.2 Å². The van der Waals surface area contributed by atoms with E-state index in [0.29, 0.717) is 51.8 Å². The van der Waals surface area contributed by atoms with E-state index in [2.05, 4.69) is 30.3 Å². The van der Waals surface area contributed by atoms with E-state index in [1.165, 1.54) is 13.2 Å². The minimum absolute atomic E-state index is 0.0580. The van der Waals surface area contributed by atoms with Crippen LogP contribution in [-0.2, 0) is 43.6 Å². The Morgan fingerprint density at radius 1 is 0.656 bits per heavy atom. The molecule has 5 aromatic carbocycles. The van der Waals surface area contributed by atoms with Gasteiger partial charge in [-0.1, -0.05) is 129 Å². The molecule has 0 fully saturated rings. The van der Waals surface area contributed by atoms with Gasteiger partial charge in [0.2, 0.25) is 0 Å². The smallest absolute Gasteiger partial charge is 0.412 e. The number of carbonyl (C=O) groups excluding carboxylic acids is 3. The molecule has 12 nitrogen and oxygen atoms in total. The van der Waals surface area contributed by atoms with Crippen LogP contribution in [0.3, 0.4) is 0 Å². The Morgan fingerprint density at radius 2 is 1.17 bits per heavy atom. The first-order valence-corrected chi connectivity index (χ1v) is 24.5. The number of nitrogens with one attached hydrogen (secondary N) is 2. The van der Waals surface area contributed by atoms with Gasteiger partial charge in [0.1, 0.15) is 48.3 Å². The number of allylic oxidation sites excluding steroid dienone is 1. The van der Waals surface area contributed by atoms with Crippen molar-refractivity contribution in [3.63, 3.8) is 0 Å². The maximum absolute atomic E-state index is 13.3. The minimum atomic E-state index is -1.81. The summed E-state index contributed by atoms with van der Waals surface area (Å²) in [6.07, 6.45) is -0.0173.